The molecule has 0 aliphatic carbocycles. The van der Waals surface area contributed by atoms with Crippen molar-refractivity contribution in [1.29, 1.82) is 0 Å². The summed E-state index contributed by atoms with van der Waals surface area (Å²) in [7, 11) is 0. The number of hydrogen-bond donors (Lipinski definition) is 2. The van der Waals surface area contributed by atoms with Crippen LogP contribution in [0.5, 0.6) is 0 Å². The maximum atomic E-state index is 11.5. The summed E-state index contributed by atoms with van der Waals surface area (Å²) < 4.78 is 1.58. The second kappa shape index (κ2) is 4.74. The van der Waals surface area contributed by atoms with Gasteiger partial charge >= 0.3 is 0 Å². The monoisotopic (exact) mass is 298 g/mol. The van der Waals surface area contributed by atoms with E-state index < -0.39 is 0 Å². The van der Waals surface area contributed by atoms with Crippen molar-refractivity contribution in [1.82, 2.24) is 25.1 Å². The molecule has 1 aromatic carbocycles. The zero-order valence-electron chi connectivity index (χ0n) is 10.8. The molecule has 7 nitrogen and oxygen atoms in total. The molecular weight excluding hydrogens is 288 g/mol. The predicted octanol–water partition coefficient (Wildman–Crippen LogP) is 1.51. The average Bonchev–Trinajstić information content (AvgIpc) is 3.14. The van der Waals surface area contributed by atoms with E-state index in [1.165, 1.54) is 11.8 Å². The Hall–Kier alpha value is -2.61. The SMILES string of the molecule is O=C1CSc2nnc(-c3cc(-c4ccccc4)n[nH]3)n2N1. The molecule has 3 heterocycles. The van der Waals surface area contributed by atoms with Gasteiger partial charge in [0.15, 0.2) is 0 Å². The zero-order chi connectivity index (χ0) is 14.2. The van der Waals surface area contributed by atoms with E-state index in [0.29, 0.717) is 22.4 Å². The first-order valence-corrected chi connectivity index (χ1v) is 7.29. The Balaban J connectivity index is 1.74. The number of rotatable bonds is 2. The van der Waals surface area contributed by atoms with Crippen molar-refractivity contribution >= 4 is 17.7 Å². The molecule has 2 N–H and O–H groups in total. The van der Waals surface area contributed by atoms with E-state index in [1.54, 1.807) is 4.68 Å². The van der Waals surface area contributed by atoms with Gasteiger partial charge < -0.3 is 0 Å². The van der Waals surface area contributed by atoms with Crippen molar-refractivity contribution in [3.05, 3.63) is 36.4 Å². The highest BCUT2D eigenvalue weighted by atomic mass is 32.2. The van der Waals surface area contributed by atoms with Gasteiger partial charge in [-0.05, 0) is 6.07 Å². The van der Waals surface area contributed by atoms with Crippen LogP contribution in [-0.2, 0) is 4.79 Å². The van der Waals surface area contributed by atoms with Crippen molar-refractivity contribution in [3.8, 4) is 22.8 Å². The molecule has 0 fully saturated rings. The fraction of sp³-hybridized carbons (Fsp3) is 0.0769. The Bertz CT molecular complexity index is 809. The number of thioether (sulfide) groups is 1. The quantitative estimate of drug-likeness (QED) is 0.748. The Morgan fingerprint density at radius 3 is 2.90 bits per heavy atom. The molecule has 2 aromatic heterocycles. The van der Waals surface area contributed by atoms with E-state index in [2.05, 4.69) is 25.8 Å². The minimum absolute atomic E-state index is 0.0728. The fourth-order valence-corrected chi connectivity index (χ4v) is 2.80. The molecule has 104 valence electrons. The second-order valence-corrected chi connectivity index (χ2v) is 5.44. The number of aromatic amines is 1. The van der Waals surface area contributed by atoms with Crippen LogP contribution in [0.15, 0.2) is 41.6 Å². The summed E-state index contributed by atoms with van der Waals surface area (Å²) in [6, 6.07) is 11.7. The highest BCUT2D eigenvalue weighted by Crippen LogP contribution is 2.26. The number of fused-ring (bicyclic) bond motifs is 1. The molecule has 0 saturated carbocycles. The molecular formula is C13H10N6OS. The molecule has 0 unspecified atom stereocenters. The lowest BCUT2D eigenvalue weighted by atomic mass is 10.1. The van der Waals surface area contributed by atoms with Crippen LogP contribution in [0.3, 0.4) is 0 Å². The predicted molar refractivity (Wildman–Crippen MR) is 78.1 cm³/mol. The first-order chi connectivity index (χ1) is 10.3. The molecule has 0 atom stereocenters. The van der Waals surface area contributed by atoms with E-state index >= 15 is 0 Å². The van der Waals surface area contributed by atoms with Gasteiger partial charge in [0.2, 0.25) is 16.9 Å². The highest BCUT2D eigenvalue weighted by Gasteiger charge is 2.22. The first-order valence-electron chi connectivity index (χ1n) is 6.30. The lowest BCUT2D eigenvalue weighted by Gasteiger charge is -2.14. The smallest absolute Gasteiger partial charge is 0.249 e. The van der Waals surface area contributed by atoms with Gasteiger partial charge in [-0.25, -0.2) is 4.68 Å². The summed E-state index contributed by atoms with van der Waals surface area (Å²) in [6.07, 6.45) is 0. The van der Waals surface area contributed by atoms with Gasteiger partial charge in [0.1, 0.15) is 5.69 Å². The number of carbonyl (C=O) groups excluding carboxylic acids is 1. The summed E-state index contributed by atoms with van der Waals surface area (Å²) in [4.78, 5) is 11.5. The number of amides is 1. The van der Waals surface area contributed by atoms with E-state index in [9.17, 15) is 4.79 Å². The molecule has 1 aliphatic rings. The van der Waals surface area contributed by atoms with Crippen molar-refractivity contribution in [3.63, 3.8) is 0 Å². The molecule has 0 saturated heterocycles. The van der Waals surface area contributed by atoms with E-state index in [0.717, 1.165) is 11.3 Å². The van der Waals surface area contributed by atoms with Crippen molar-refractivity contribution in [2.75, 3.05) is 11.2 Å². The van der Waals surface area contributed by atoms with Gasteiger partial charge in [-0.1, -0.05) is 42.1 Å². The van der Waals surface area contributed by atoms with Crippen molar-refractivity contribution < 1.29 is 4.79 Å². The fourth-order valence-electron chi connectivity index (χ4n) is 2.12. The van der Waals surface area contributed by atoms with Crippen LogP contribution in [-0.4, -0.2) is 36.7 Å². The highest BCUT2D eigenvalue weighted by molar-refractivity contribution is 7.99. The Morgan fingerprint density at radius 2 is 2.05 bits per heavy atom. The molecule has 0 radical (unpaired) electrons. The number of nitrogens with zero attached hydrogens (tertiary/aromatic N) is 4. The van der Waals surface area contributed by atoms with Crippen LogP contribution in [0, 0.1) is 0 Å². The van der Waals surface area contributed by atoms with Crippen molar-refractivity contribution in [2.24, 2.45) is 0 Å². The lowest BCUT2D eigenvalue weighted by molar-refractivity contribution is -0.114. The summed E-state index contributed by atoms with van der Waals surface area (Å²) >= 11 is 1.36. The molecule has 4 rings (SSSR count). The maximum absolute atomic E-state index is 11.5. The summed E-state index contributed by atoms with van der Waals surface area (Å²) in [5.41, 5.74) is 5.27. The average molecular weight is 298 g/mol. The van der Waals surface area contributed by atoms with Gasteiger partial charge in [0.05, 0.1) is 11.4 Å². The minimum Gasteiger partial charge on any atom is -0.274 e. The van der Waals surface area contributed by atoms with Crippen LogP contribution in [0.1, 0.15) is 0 Å². The largest absolute Gasteiger partial charge is 0.274 e. The molecule has 3 aromatic rings. The van der Waals surface area contributed by atoms with Gasteiger partial charge in [0, 0.05) is 5.56 Å². The number of carbonyl (C=O) groups is 1. The van der Waals surface area contributed by atoms with Crippen LogP contribution in [0.4, 0.5) is 0 Å². The normalized spacial score (nSPS) is 13.8. The number of aromatic nitrogens is 5. The molecule has 0 spiro atoms. The number of hydrogen-bond acceptors (Lipinski definition) is 5. The standard InChI is InChI=1S/C13H10N6OS/c20-11-7-21-13-17-16-12(19(13)18-11)10-6-9(14-15-10)8-4-2-1-3-5-8/h1-6H,7H2,(H,14,15)(H,18,20). The minimum atomic E-state index is -0.0728. The number of H-pyrrole nitrogens is 1. The van der Waals surface area contributed by atoms with Gasteiger partial charge in [-0.15, -0.1) is 10.2 Å². The zero-order valence-corrected chi connectivity index (χ0v) is 11.6. The maximum Gasteiger partial charge on any atom is 0.249 e. The molecule has 8 heteroatoms. The van der Waals surface area contributed by atoms with Gasteiger partial charge in [-0.3, -0.25) is 15.3 Å². The van der Waals surface area contributed by atoms with Crippen LogP contribution >= 0.6 is 11.8 Å². The van der Waals surface area contributed by atoms with Gasteiger partial charge in [-0.2, -0.15) is 5.10 Å². The summed E-state index contributed by atoms with van der Waals surface area (Å²) in [6.45, 7) is 0. The second-order valence-electron chi connectivity index (χ2n) is 4.50. The van der Waals surface area contributed by atoms with Crippen LogP contribution in [0.25, 0.3) is 22.8 Å². The Kier molecular flexibility index (Phi) is 2.74. The summed E-state index contributed by atoms with van der Waals surface area (Å²) in [5.74, 6) is 0.827. The van der Waals surface area contributed by atoms with Crippen LogP contribution < -0.4 is 5.43 Å². The third-order valence-electron chi connectivity index (χ3n) is 3.09. The van der Waals surface area contributed by atoms with Crippen molar-refractivity contribution in [2.45, 2.75) is 5.16 Å². The van der Waals surface area contributed by atoms with E-state index in [-0.39, 0.29) is 5.91 Å². The lowest BCUT2D eigenvalue weighted by Crippen LogP contribution is -2.29. The van der Waals surface area contributed by atoms with Gasteiger partial charge in [0.25, 0.3) is 0 Å². The number of benzene rings is 1. The number of nitrogens with one attached hydrogen (secondary N) is 2. The first kappa shape index (κ1) is 12.2. The Labute approximate surface area is 123 Å². The topological polar surface area (TPSA) is 88.5 Å². The third kappa shape index (κ3) is 2.09. The molecule has 1 aliphatic heterocycles. The molecule has 21 heavy (non-hydrogen) atoms. The Morgan fingerprint density at radius 1 is 1.19 bits per heavy atom. The third-order valence-corrected chi connectivity index (χ3v) is 4.02. The van der Waals surface area contributed by atoms with E-state index in [4.69, 9.17) is 0 Å². The van der Waals surface area contributed by atoms with E-state index in [1.807, 2.05) is 36.4 Å². The summed E-state index contributed by atoms with van der Waals surface area (Å²) in [5, 5.41) is 16.1. The molecule has 0 bridgehead atoms. The molecule has 1 amide bonds. The van der Waals surface area contributed by atoms with Crippen LogP contribution in [0.2, 0.25) is 0 Å².